The number of nitrogens with zero attached hydrogens (tertiary/aromatic N) is 2. The van der Waals surface area contributed by atoms with Gasteiger partial charge in [-0.1, -0.05) is 23.7 Å². The van der Waals surface area contributed by atoms with E-state index < -0.39 is 5.91 Å². The monoisotopic (exact) mass is 374 g/mol. The van der Waals surface area contributed by atoms with Crippen LogP contribution in [0.15, 0.2) is 30.3 Å². The van der Waals surface area contributed by atoms with Crippen molar-refractivity contribution in [1.29, 1.82) is 0 Å². The van der Waals surface area contributed by atoms with Crippen LogP contribution in [0.1, 0.15) is 32.1 Å². The molecule has 0 atom stereocenters. The summed E-state index contributed by atoms with van der Waals surface area (Å²) in [7, 11) is 3.85. The van der Waals surface area contributed by atoms with Crippen LogP contribution in [0.3, 0.4) is 0 Å². The maximum absolute atomic E-state index is 12.5. The highest BCUT2D eigenvalue weighted by Gasteiger charge is 2.15. The number of amides is 2. The summed E-state index contributed by atoms with van der Waals surface area (Å²) in [5.41, 5.74) is 2.77. The number of aryl methyl sites for hydroxylation is 2. The molecule has 0 aliphatic heterocycles. The van der Waals surface area contributed by atoms with Gasteiger partial charge in [-0.25, -0.2) is 4.98 Å². The molecule has 0 saturated carbocycles. The van der Waals surface area contributed by atoms with Crippen LogP contribution in [0.2, 0.25) is 5.02 Å². The van der Waals surface area contributed by atoms with Crippen LogP contribution in [-0.2, 0) is 0 Å². The topological polar surface area (TPSA) is 74.3 Å². The van der Waals surface area contributed by atoms with Gasteiger partial charge in [0.05, 0.1) is 10.7 Å². The molecule has 0 radical (unpaired) electrons. The number of aromatic nitrogens is 1. The van der Waals surface area contributed by atoms with E-state index in [-0.39, 0.29) is 17.3 Å². The Labute approximate surface area is 158 Å². The van der Waals surface area contributed by atoms with E-state index in [9.17, 15) is 9.59 Å². The van der Waals surface area contributed by atoms with Gasteiger partial charge in [0.15, 0.2) is 0 Å². The van der Waals surface area contributed by atoms with Crippen LogP contribution in [0, 0.1) is 13.8 Å². The van der Waals surface area contributed by atoms with Crippen molar-refractivity contribution >= 4 is 29.1 Å². The van der Waals surface area contributed by atoms with Crippen molar-refractivity contribution in [2.75, 3.05) is 32.5 Å². The highest BCUT2D eigenvalue weighted by molar-refractivity contribution is 6.34. The number of halogens is 1. The van der Waals surface area contributed by atoms with Gasteiger partial charge in [-0.3, -0.25) is 9.59 Å². The van der Waals surface area contributed by atoms with Crippen molar-refractivity contribution in [1.82, 2.24) is 15.2 Å². The second-order valence-electron chi connectivity index (χ2n) is 6.36. The summed E-state index contributed by atoms with van der Waals surface area (Å²) in [6.45, 7) is 5.03. The van der Waals surface area contributed by atoms with E-state index in [1.54, 1.807) is 24.3 Å². The second-order valence-corrected chi connectivity index (χ2v) is 6.77. The molecule has 0 bridgehead atoms. The van der Waals surface area contributed by atoms with Gasteiger partial charge in [0.2, 0.25) is 0 Å². The first-order valence-electron chi connectivity index (χ1n) is 8.26. The Morgan fingerprint density at radius 1 is 1.12 bits per heavy atom. The third kappa shape index (κ3) is 5.28. The molecule has 0 aliphatic rings. The Morgan fingerprint density at radius 3 is 2.38 bits per heavy atom. The van der Waals surface area contributed by atoms with Crippen LogP contribution >= 0.6 is 11.6 Å². The first-order chi connectivity index (χ1) is 12.3. The molecular formula is C19H23ClN4O2. The van der Waals surface area contributed by atoms with Crippen LogP contribution in [0.25, 0.3) is 0 Å². The SMILES string of the molecule is Cc1cc(C)c(NC(=O)c2cccc(C(=O)NCCN(C)C)n2)c(Cl)c1. The van der Waals surface area contributed by atoms with Gasteiger partial charge in [0, 0.05) is 13.1 Å². The summed E-state index contributed by atoms with van der Waals surface area (Å²) >= 11 is 6.23. The van der Waals surface area contributed by atoms with Gasteiger partial charge in [0.25, 0.3) is 11.8 Å². The van der Waals surface area contributed by atoms with Crippen molar-refractivity contribution in [2.45, 2.75) is 13.8 Å². The van der Waals surface area contributed by atoms with E-state index in [0.29, 0.717) is 17.3 Å². The van der Waals surface area contributed by atoms with Crippen molar-refractivity contribution in [3.05, 3.63) is 57.9 Å². The highest BCUT2D eigenvalue weighted by Crippen LogP contribution is 2.27. The molecule has 2 rings (SSSR count). The number of rotatable bonds is 6. The van der Waals surface area contributed by atoms with Crippen molar-refractivity contribution < 1.29 is 9.59 Å². The first kappa shape index (κ1) is 19.9. The smallest absolute Gasteiger partial charge is 0.274 e. The van der Waals surface area contributed by atoms with E-state index in [1.807, 2.05) is 38.9 Å². The number of pyridine rings is 1. The summed E-state index contributed by atoms with van der Waals surface area (Å²) in [5, 5.41) is 6.02. The van der Waals surface area contributed by atoms with Crippen LogP contribution in [-0.4, -0.2) is 48.9 Å². The average Bonchev–Trinajstić information content (AvgIpc) is 2.57. The molecule has 1 aromatic carbocycles. The van der Waals surface area contributed by atoms with Gasteiger partial charge in [0.1, 0.15) is 11.4 Å². The predicted molar refractivity (Wildman–Crippen MR) is 104 cm³/mol. The number of nitrogens with one attached hydrogen (secondary N) is 2. The number of carbonyl (C=O) groups is 2. The van der Waals surface area contributed by atoms with Gasteiger partial charge in [-0.15, -0.1) is 0 Å². The lowest BCUT2D eigenvalue weighted by Crippen LogP contribution is -2.32. The van der Waals surface area contributed by atoms with Crippen molar-refractivity contribution in [3.8, 4) is 0 Å². The fourth-order valence-electron chi connectivity index (χ4n) is 2.42. The number of benzene rings is 1. The molecule has 26 heavy (non-hydrogen) atoms. The normalized spacial score (nSPS) is 10.7. The minimum Gasteiger partial charge on any atom is -0.349 e. The summed E-state index contributed by atoms with van der Waals surface area (Å²) < 4.78 is 0. The summed E-state index contributed by atoms with van der Waals surface area (Å²) in [6.07, 6.45) is 0. The molecule has 138 valence electrons. The standard InChI is InChI=1S/C19H23ClN4O2/c1-12-10-13(2)17(14(20)11-12)23-19(26)16-7-5-6-15(22-16)18(25)21-8-9-24(3)4/h5-7,10-11H,8-9H2,1-4H3,(H,21,25)(H,23,26). The van der Waals surface area contributed by atoms with E-state index >= 15 is 0 Å². The molecule has 2 N–H and O–H groups in total. The fraction of sp³-hybridized carbons (Fsp3) is 0.316. The quantitative estimate of drug-likeness (QED) is 0.815. The van der Waals surface area contributed by atoms with Crippen molar-refractivity contribution in [2.24, 2.45) is 0 Å². The molecule has 2 amide bonds. The Kier molecular flexibility index (Phi) is 6.71. The summed E-state index contributed by atoms with van der Waals surface area (Å²) in [6, 6.07) is 8.48. The molecule has 0 aliphatic carbocycles. The van der Waals surface area contributed by atoms with E-state index in [0.717, 1.165) is 17.7 Å². The minimum atomic E-state index is -0.415. The molecule has 6 nitrogen and oxygen atoms in total. The first-order valence-corrected chi connectivity index (χ1v) is 8.64. The van der Waals surface area contributed by atoms with Crippen LogP contribution in [0.4, 0.5) is 5.69 Å². The molecule has 2 aromatic rings. The van der Waals surface area contributed by atoms with Gasteiger partial charge >= 0.3 is 0 Å². The van der Waals surface area contributed by atoms with E-state index in [4.69, 9.17) is 11.6 Å². The lowest BCUT2D eigenvalue weighted by molar-refractivity contribution is 0.0946. The molecule has 1 aromatic heterocycles. The number of likely N-dealkylation sites (N-methyl/N-ethyl adjacent to an activating group) is 1. The highest BCUT2D eigenvalue weighted by atomic mass is 35.5. The Hall–Kier alpha value is -2.44. The van der Waals surface area contributed by atoms with E-state index in [2.05, 4.69) is 15.6 Å². The molecule has 0 saturated heterocycles. The third-order valence-electron chi connectivity index (χ3n) is 3.73. The van der Waals surface area contributed by atoms with Crippen LogP contribution in [0.5, 0.6) is 0 Å². The second kappa shape index (κ2) is 8.78. The summed E-state index contributed by atoms with van der Waals surface area (Å²) in [5.74, 6) is -0.729. The average molecular weight is 375 g/mol. The lowest BCUT2D eigenvalue weighted by atomic mass is 10.1. The molecule has 0 spiro atoms. The molecular weight excluding hydrogens is 352 g/mol. The lowest BCUT2D eigenvalue weighted by Gasteiger charge is -2.12. The van der Waals surface area contributed by atoms with Gasteiger partial charge < -0.3 is 15.5 Å². The Bertz CT molecular complexity index is 798. The van der Waals surface area contributed by atoms with Gasteiger partial charge in [-0.2, -0.15) is 0 Å². The molecule has 1 heterocycles. The van der Waals surface area contributed by atoms with E-state index in [1.165, 1.54) is 0 Å². The van der Waals surface area contributed by atoms with Crippen LogP contribution < -0.4 is 10.6 Å². The number of hydrogen-bond acceptors (Lipinski definition) is 4. The van der Waals surface area contributed by atoms with Crippen molar-refractivity contribution in [3.63, 3.8) is 0 Å². The number of hydrogen-bond donors (Lipinski definition) is 2. The maximum atomic E-state index is 12.5. The zero-order chi connectivity index (χ0) is 19.3. The zero-order valence-corrected chi connectivity index (χ0v) is 16.1. The number of anilines is 1. The van der Waals surface area contributed by atoms with Gasteiger partial charge in [-0.05, 0) is 57.3 Å². The Balaban J connectivity index is 2.12. The molecule has 0 unspecified atom stereocenters. The third-order valence-corrected chi connectivity index (χ3v) is 4.03. The summed E-state index contributed by atoms with van der Waals surface area (Å²) in [4.78, 5) is 30.8. The predicted octanol–water partition coefficient (Wildman–Crippen LogP) is 2.90. The largest absolute Gasteiger partial charge is 0.349 e. The fourth-order valence-corrected chi connectivity index (χ4v) is 2.79. The zero-order valence-electron chi connectivity index (χ0n) is 15.4. The minimum absolute atomic E-state index is 0.154. The number of carbonyl (C=O) groups excluding carboxylic acids is 2. The Morgan fingerprint density at radius 2 is 1.77 bits per heavy atom. The maximum Gasteiger partial charge on any atom is 0.274 e. The molecule has 0 fully saturated rings. The molecule has 7 heteroatoms.